The second kappa shape index (κ2) is 8.08. The van der Waals surface area contributed by atoms with Gasteiger partial charge in [0.05, 0.1) is 7.11 Å². The maximum atomic E-state index is 11.5. The Morgan fingerprint density at radius 3 is 2.23 bits per heavy atom. The third-order valence-corrected chi connectivity index (χ3v) is 3.30. The van der Waals surface area contributed by atoms with Crippen molar-refractivity contribution in [1.29, 1.82) is 0 Å². The third kappa shape index (κ3) is 4.81. The largest absolute Gasteiger partial charge is 0.497 e. The van der Waals surface area contributed by atoms with Gasteiger partial charge in [-0.05, 0) is 48.4 Å². The first-order valence-electron chi connectivity index (χ1n) is 7.48. The van der Waals surface area contributed by atoms with Gasteiger partial charge < -0.3 is 15.4 Å². The molecule has 0 aliphatic carbocycles. The summed E-state index contributed by atoms with van der Waals surface area (Å²) in [5.74, 6) is 0.914. The highest BCUT2D eigenvalue weighted by Crippen LogP contribution is 2.16. The second-order valence-corrected chi connectivity index (χ2v) is 5.08. The van der Waals surface area contributed by atoms with Gasteiger partial charge in [-0.2, -0.15) is 0 Å². The number of carbonyl (C=O) groups excluding carboxylic acids is 1. The minimum absolute atomic E-state index is 0.0569. The van der Waals surface area contributed by atoms with E-state index in [0.717, 1.165) is 30.1 Å². The van der Waals surface area contributed by atoms with Crippen LogP contribution in [0.15, 0.2) is 48.5 Å². The summed E-state index contributed by atoms with van der Waals surface area (Å²) in [4.78, 5) is 11.5. The Morgan fingerprint density at radius 1 is 1.00 bits per heavy atom. The van der Waals surface area contributed by atoms with Gasteiger partial charge in [-0.15, -0.1) is 0 Å². The fourth-order valence-corrected chi connectivity index (χ4v) is 2.07. The first-order valence-corrected chi connectivity index (χ1v) is 7.48. The van der Waals surface area contributed by atoms with E-state index in [4.69, 9.17) is 4.74 Å². The maximum absolute atomic E-state index is 11.5. The lowest BCUT2D eigenvalue weighted by Crippen LogP contribution is -2.10. The molecule has 0 fully saturated rings. The number of hydrogen-bond acceptors (Lipinski definition) is 3. The molecule has 0 heterocycles. The van der Waals surface area contributed by atoms with Crippen LogP contribution in [0.1, 0.15) is 25.3 Å². The average Bonchev–Trinajstić information content (AvgIpc) is 2.55. The third-order valence-electron chi connectivity index (χ3n) is 3.30. The average molecular weight is 298 g/mol. The van der Waals surface area contributed by atoms with Crippen LogP contribution in [0.4, 0.5) is 11.4 Å². The molecule has 0 saturated heterocycles. The molecule has 22 heavy (non-hydrogen) atoms. The van der Waals surface area contributed by atoms with Crippen molar-refractivity contribution in [3.8, 4) is 5.75 Å². The van der Waals surface area contributed by atoms with E-state index in [-0.39, 0.29) is 5.91 Å². The Bertz CT molecular complexity index is 591. The van der Waals surface area contributed by atoms with Gasteiger partial charge in [-0.1, -0.05) is 19.1 Å². The molecule has 0 aliphatic heterocycles. The van der Waals surface area contributed by atoms with Gasteiger partial charge in [0.25, 0.3) is 0 Å². The van der Waals surface area contributed by atoms with E-state index in [0.29, 0.717) is 6.42 Å². The molecule has 0 spiro atoms. The molecular weight excluding hydrogens is 276 g/mol. The van der Waals surface area contributed by atoms with Gasteiger partial charge in [0, 0.05) is 24.3 Å². The van der Waals surface area contributed by atoms with Crippen LogP contribution in [-0.2, 0) is 11.3 Å². The molecule has 2 aromatic carbocycles. The second-order valence-electron chi connectivity index (χ2n) is 5.08. The summed E-state index contributed by atoms with van der Waals surface area (Å²) in [7, 11) is 1.66. The zero-order chi connectivity index (χ0) is 15.8. The number of carbonyl (C=O) groups is 1. The lowest BCUT2D eigenvalue weighted by Gasteiger charge is -2.09. The SMILES string of the molecule is CCCC(=O)Nc1ccc(NCc2ccc(OC)cc2)cc1. The number of nitrogens with one attached hydrogen (secondary N) is 2. The van der Waals surface area contributed by atoms with Crippen LogP contribution in [-0.4, -0.2) is 13.0 Å². The normalized spacial score (nSPS) is 10.1. The zero-order valence-electron chi connectivity index (χ0n) is 13.1. The first-order chi connectivity index (χ1) is 10.7. The lowest BCUT2D eigenvalue weighted by molar-refractivity contribution is -0.116. The number of amides is 1. The minimum Gasteiger partial charge on any atom is -0.497 e. The van der Waals surface area contributed by atoms with Gasteiger partial charge in [0.15, 0.2) is 0 Å². The van der Waals surface area contributed by atoms with E-state index in [1.54, 1.807) is 7.11 Å². The van der Waals surface area contributed by atoms with Crippen LogP contribution in [0.2, 0.25) is 0 Å². The van der Waals surface area contributed by atoms with E-state index in [9.17, 15) is 4.79 Å². The van der Waals surface area contributed by atoms with Gasteiger partial charge in [-0.3, -0.25) is 4.79 Å². The van der Waals surface area contributed by atoms with E-state index in [1.165, 1.54) is 5.56 Å². The minimum atomic E-state index is 0.0569. The number of benzene rings is 2. The molecule has 0 atom stereocenters. The number of ether oxygens (including phenoxy) is 1. The predicted molar refractivity (Wildman–Crippen MR) is 90.3 cm³/mol. The summed E-state index contributed by atoms with van der Waals surface area (Å²) >= 11 is 0. The van der Waals surface area contributed by atoms with Crippen molar-refractivity contribution in [2.75, 3.05) is 17.7 Å². The molecule has 0 saturated carbocycles. The molecule has 4 heteroatoms. The van der Waals surface area contributed by atoms with Crippen molar-refractivity contribution < 1.29 is 9.53 Å². The predicted octanol–water partition coefficient (Wildman–Crippen LogP) is 4.05. The van der Waals surface area contributed by atoms with Crippen LogP contribution >= 0.6 is 0 Å². The highest BCUT2D eigenvalue weighted by molar-refractivity contribution is 5.90. The summed E-state index contributed by atoms with van der Waals surface area (Å²) in [6.45, 7) is 2.73. The number of methoxy groups -OCH3 is 1. The quantitative estimate of drug-likeness (QED) is 0.811. The number of anilines is 2. The molecular formula is C18H22N2O2. The van der Waals surface area contributed by atoms with E-state index in [2.05, 4.69) is 10.6 Å². The summed E-state index contributed by atoms with van der Waals surface area (Å²) in [6.07, 6.45) is 1.41. The fraction of sp³-hybridized carbons (Fsp3) is 0.278. The standard InChI is InChI=1S/C18H22N2O2/c1-3-4-18(21)20-16-9-7-15(8-10-16)19-13-14-5-11-17(22-2)12-6-14/h5-12,19H,3-4,13H2,1-2H3,(H,20,21). The van der Waals surface area contributed by atoms with Gasteiger partial charge >= 0.3 is 0 Å². The highest BCUT2D eigenvalue weighted by atomic mass is 16.5. The Kier molecular flexibility index (Phi) is 5.83. The molecule has 2 aromatic rings. The van der Waals surface area contributed by atoms with Crippen molar-refractivity contribution in [1.82, 2.24) is 0 Å². The Balaban J connectivity index is 1.86. The molecule has 1 amide bonds. The molecule has 2 rings (SSSR count). The zero-order valence-corrected chi connectivity index (χ0v) is 13.1. The highest BCUT2D eigenvalue weighted by Gasteiger charge is 2.01. The smallest absolute Gasteiger partial charge is 0.224 e. The van der Waals surface area contributed by atoms with E-state index >= 15 is 0 Å². The summed E-state index contributed by atoms with van der Waals surface area (Å²) in [6, 6.07) is 15.7. The first kappa shape index (κ1) is 15.9. The fourth-order valence-electron chi connectivity index (χ4n) is 2.07. The van der Waals surface area contributed by atoms with Crippen molar-refractivity contribution in [2.24, 2.45) is 0 Å². The molecule has 2 N–H and O–H groups in total. The van der Waals surface area contributed by atoms with E-state index < -0.39 is 0 Å². The molecule has 0 unspecified atom stereocenters. The Labute approximate surface area is 131 Å². The van der Waals surface area contributed by atoms with Crippen LogP contribution in [0.3, 0.4) is 0 Å². The topological polar surface area (TPSA) is 50.4 Å². The molecule has 116 valence electrons. The molecule has 4 nitrogen and oxygen atoms in total. The number of rotatable bonds is 7. The summed E-state index contributed by atoms with van der Waals surface area (Å²) < 4.78 is 5.14. The van der Waals surface area contributed by atoms with E-state index in [1.807, 2.05) is 55.5 Å². The molecule has 0 aliphatic rings. The molecule has 0 bridgehead atoms. The van der Waals surface area contributed by atoms with Crippen molar-refractivity contribution in [2.45, 2.75) is 26.3 Å². The maximum Gasteiger partial charge on any atom is 0.224 e. The summed E-state index contributed by atoms with van der Waals surface area (Å²) in [5.41, 5.74) is 3.03. The van der Waals surface area contributed by atoms with Gasteiger partial charge in [-0.25, -0.2) is 0 Å². The van der Waals surface area contributed by atoms with Gasteiger partial charge in [0.2, 0.25) is 5.91 Å². The Hall–Kier alpha value is -2.49. The van der Waals surface area contributed by atoms with Gasteiger partial charge in [0.1, 0.15) is 5.75 Å². The summed E-state index contributed by atoms with van der Waals surface area (Å²) in [5, 5.41) is 6.23. The van der Waals surface area contributed by atoms with Crippen LogP contribution in [0, 0.1) is 0 Å². The monoisotopic (exact) mass is 298 g/mol. The Morgan fingerprint density at radius 2 is 1.64 bits per heavy atom. The van der Waals surface area contributed by atoms with Crippen LogP contribution < -0.4 is 15.4 Å². The van der Waals surface area contributed by atoms with Crippen LogP contribution in [0.5, 0.6) is 5.75 Å². The van der Waals surface area contributed by atoms with Crippen molar-refractivity contribution in [3.63, 3.8) is 0 Å². The molecule has 0 radical (unpaired) electrons. The van der Waals surface area contributed by atoms with Crippen molar-refractivity contribution >= 4 is 17.3 Å². The number of hydrogen-bond donors (Lipinski definition) is 2. The lowest BCUT2D eigenvalue weighted by atomic mass is 10.2. The van der Waals surface area contributed by atoms with Crippen LogP contribution in [0.25, 0.3) is 0 Å². The molecule has 0 aromatic heterocycles. The van der Waals surface area contributed by atoms with Crippen molar-refractivity contribution in [3.05, 3.63) is 54.1 Å².